The molecule has 0 spiro atoms. The van der Waals surface area contributed by atoms with Gasteiger partial charge in [0.2, 0.25) is 0 Å². The van der Waals surface area contributed by atoms with Crippen LogP contribution in [0, 0.1) is 0 Å². The molecule has 6 aromatic carbocycles. The van der Waals surface area contributed by atoms with Gasteiger partial charge in [-0.25, -0.2) is 0 Å². The van der Waals surface area contributed by atoms with Crippen LogP contribution in [0.2, 0.25) is 0 Å². The molecule has 0 amide bonds. The van der Waals surface area contributed by atoms with E-state index in [1.807, 2.05) is 60.7 Å². The molecule has 0 saturated heterocycles. The third-order valence-corrected chi connectivity index (χ3v) is 13.1. The predicted octanol–water partition coefficient (Wildman–Crippen LogP) is 5.53. The van der Waals surface area contributed by atoms with Crippen LogP contribution in [0.1, 0.15) is 0 Å². The second-order valence-electron chi connectivity index (χ2n) is 9.18. The highest BCUT2D eigenvalue weighted by Gasteiger charge is 2.40. The highest BCUT2D eigenvalue weighted by atomic mass is 31.1. The highest BCUT2D eigenvalue weighted by molar-refractivity contribution is 7.61. The highest BCUT2D eigenvalue weighted by Crippen LogP contribution is 2.18. The smallest absolute Gasteiger partial charge is 0.0623 e. The number of hydrogen-bond acceptors (Lipinski definition) is 1. The van der Waals surface area contributed by atoms with Gasteiger partial charge in [0.25, 0.3) is 0 Å². The average Bonchev–Trinajstić information content (AvgIpc) is 3.04. The topological polar surface area (TPSA) is 17.1 Å². The Hall–Kier alpha value is -4.36. The van der Waals surface area contributed by atoms with Gasteiger partial charge in [-0.15, -0.1) is 0 Å². The lowest BCUT2D eigenvalue weighted by molar-refractivity contribution is 0.598. The van der Waals surface area contributed by atoms with E-state index in [2.05, 4.69) is 121 Å². The molecular formula is C36H30OPSi+. The minimum Gasteiger partial charge on any atom is -0.0623 e. The van der Waals surface area contributed by atoms with Gasteiger partial charge < -0.3 is 0 Å². The van der Waals surface area contributed by atoms with Crippen LogP contribution in [0.3, 0.4) is 0 Å². The lowest BCUT2D eigenvalue weighted by Crippen LogP contribution is -2.74. The minimum atomic E-state index is -2.30. The molecule has 0 heterocycles. The summed E-state index contributed by atoms with van der Waals surface area (Å²) in [6.45, 7) is 0. The van der Waals surface area contributed by atoms with Gasteiger partial charge in [0, 0.05) is 0 Å². The number of rotatable bonds is 6. The summed E-state index contributed by atoms with van der Waals surface area (Å²) in [6.07, 6.45) is 0. The Bertz CT molecular complexity index is 1370. The molecular weight excluding hydrogens is 507 g/mol. The van der Waals surface area contributed by atoms with Crippen molar-refractivity contribution in [1.29, 1.82) is 0 Å². The van der Waals surface area contributed by atoms with E-state index < -0.39 is 15.9 Å². The van der Waals surface area contributed by atoms with Gasteiger partial charge in [-0.05, 0) is 45.0 Å². The van der Waals surface area contributed by atoms with Crippen LogP contribution < -0.4 is 31.4 Å². The van der Waals surface area contributed by atoms with Crippen molar-refractivity contribution in [3.05, 3.63) is 182 Å². The van der Waals surface area contributed by atoms with Crippen molar-refractivity contribution in [2.75, 3.05) is 0 Å². The third-order valence-electron chi connectivity index (χ3n) is 6.81. The maximum Gasteiger partial charge on any atom is 0.415 e. The van der Waals surface area contributed by atoms with Crippen LogP contribution >= 0.6 is 7.80 Å². The van der Waals surface area contributed by atoms with E-state index in [1.54, 1.807) is 0 Å². The summed E-state index contributed by atoms with van der Waals surface area (Å²) in [5, 5.41) is 7.43. The molecule has 0 aliphatic rings. The molecule has 6 aromatic rings. The van der Waals surface area contributed by atoms with Gasteiger partial charge in [-0.3, -0.25) is 0 Å². The molecule has 3 heteroatoms. The zero-order valence-corrected chi connectivity index (χ0v) is 23.6. The first-order valence-electron chi connectivity index (χ1n) is 13.1. The van der Waals surface area contributed by atoms with Crippen LogP contribution in [0.15, 0.2) is 182 Å². The van der Waals surface area contributed by atoms with Gasteiger partial charge in [0.05, 0.1) is 0 Å². The molecule has 1 nitrogen and oxygen atoms in total. The van der Waals surface area contributed by atoms with Crippen molar-refractivity contribution in [2.45, 2.75) is 0 Å². The number of benzene rings is 6. The molecule has 0 unspecified atom stereocenters. The van der Waals surface area contributed by atoms with E-state index in [0.717, 1.165) is 10.6 Å². The van der Waals surface area contributed by atoms with Crippen LogP contribution in [-0.2, 0) is 4.57 Å². The molecule has 0 fully saturated rings. The fourth-order valence-corrected chi connectivity index (χ4v) is 11.0. The molecule has 188 valence electrons. The Morgan fingerprint density at radius 2 is 0.513 bits per heavy atom. The first-order valence-corrected chi connectivity index (χ1v) is 16.4. The van der Waals surface area contributed by atoms with Crippen LogP contribution in [0.5, 0.6) is 0 Å². The molecule has 6 rings (SSSR count). The lowest BCUT2D eigenvalue weighted by Gasteiger charge is -2.34. The monoisotopic (exact) mass is 537 g/mol. The predicted molar refractivity (Wildman–Crippen MR) is 170 cm³/mol. The van der Waals surface area contributed by atoms with E-state index in [1.165, 1.54) is 20.7 Å². The SMILES string of the molecule is O=[P+](c1ccccc1)c1ccccc1.c1ccc([Si](c2ccccc2)(c2ccccc2)c2ccccc2)cc1. The lowest BCUT2D eigenvalue weighted by atomic mass is 10.3. The summed E-state index contributed by atoms with van der Waals surface area (Å²) in [5.41, 5.74) is 0. The minimum absolute atomic E-state index is 0.883. The van der Waals surface area contributed by atoms with Crippen molar-refractivity contribution >= 4 is 47.2 Å². The first kappa shape index (κ1) is 26.3. The summed E-state index contributed by atoms with van der Waals surface area (Å²) >= 11 is 0. The zero-order chi connectivity index (χ0) is 26.8. The quantitative estimate of drug-likeness (QED) is 0.155. The van der Waals surface area contributed by atoms with E-state index in [9.17, 15) is 4.57 Å². The molecule has 0 atom stereocenters. The van der Waals surface area contributed by atoms with Crippen LogP contribution in [-0.4, -0.2) is 8.07 Å². The second-order valence-corrected chi connectivity index (χ2v) is 14.6. The summed E-state index contributed by atoms with van der Waals surface area (Å²) in [6, 6.07) is 63.1. The molecule has 0 radical (unpaired) electrons. The summed E-state index contributed by atoms with van der Waals surface area (Å²) in [7, 11) is -3.72. The summed E-state index contributed by atoms with van der Waals surface area (Å²) in [5.74, 6) is 0. The van der Waals surface area contributed by atoms with Crippen LogP contribution in [0.4, 0.5) is 0 Å². The van der Waals surface area contributed by atoms with E-state index in [0.29, 0.717) is 0 Å². The molecule has 0 aliphatic heterocycles. The maximum atomic E-state index is 12.0. The van der Waals surface area contributed by atoms with Gasteiger partial charge in [-0.2, -0.15) is 0 Å². The van der Waals surface area contributed by atoms with Gasteiger partial charge in [0.1, 0.15) is 0 Å². The Morgan fingerprint density at radius 3 is 0.744 bits per heavy atom. The third kappa shape index (κ3) is 5.88. The van der Waals surface area contributed by atoms with Crippen LogP contribution in [0.25, 0.3) is 0 Å². The molecule has 0 aliphatic carbocycles. The largest absolute Gasteiger partial charge is 0.415 e. The fourth-order valence-electron chi connectivity index (χ4n) is 5.03. The molecule has 0 N–H and O–H groups in total. The first-order chi connectivity index (χ1) is 19.3. The fraction of sp³-hybridized carbons (Fsp3) is 0. The van der Waals surface area contributed by atoms with E-state index in [-0.39, 0.29) is 0 Å². The molecule has 39 heavy (non-hydrogen) atoms. The molecule has 0 saturated carbocycles. The average molecular weight is 538 g/mol. The Morgan fingerprint density at radius 1 is 0.308 bits per heavy atom. The van der Waals surface area contributed by atoms with Crippen molar-refractivity contribution in [2.24, 2.45) is 0 Å². The van der Waals surface area contributed by atoms with E-state index >= 15 is 0 Å². The summed E-state index contributed by atoms with van der Waals surface area (Å²) in [4.78, 5) is 0. The Kier molecular flexibility index (Phi) is 8.70. The second kappa shape index (κ2) is 12.9. The Balaban J connectivity index is 0.000000186. The van der Waals surface area contributed by atoms with Crippen molar-refractivity contribution in [3.63, 3.8) is 0 Å². The van der Waals surface area contributed by atoms with Crippen molar-refractivity contribution in [3.8, 4) is 0 Å². The van der Waals surface area contributed by atoms with Gasteiger partial charge in [0.15, 0.2) is 18.7 Å². The van der Waals surface area contributed by atoms with Gasteiger partial charge in [-0.1, -0.05) is 162 Å². The van der Waals surface area contributed by atoms with Crippen molar-refractivity contribution < 1.29 is 4.57 Å². The van der Waals surface area contributed by atoms with Gasteiger partial charge >= 0.3 is 7.80 Å². The number of hydrogen-bond donors (Lipinski definition) is 0. The molecule has 0 bridgehead atoms. The van der Waals surface area contributed by atoms with Crippen molar-refractivity contribution in [1.82, 2.24) is 0 Å². The standard InChI is InChI=1S/C24H20Si.C12H10OP/c1-5-13-21(14-6-1)25(22-15-7-2-8-16-22,23-17-9-3-10-18-23)24-19-11-4-12-20-24;13-14(11-7-3-1-4-8-11)12-9-5-2-6-10-12/h1-20H;1-10H/q;+1. The normalized spacial score (nSPS) is 10.7. The zero-order valence-electron chi connectivity index (χ0n) is 21.7. The maximum absolute atomic E-state index is 12.0. The summed E-state index contributed by atoms with van der Waals surface area (Å²) < 4.78 is 12.0. The van der Waals surface area contributed by atoms with E-state index in [4.69, 9.17) is 0 Å². The molecule has 0 aromatic heterocycles. The Labute approximate surface area is 233 Å².